The molecule has 0 atom stereocenters. The summed E-state index contributed by atoms with van der Waals surface area (Å²) in [6.07, 6.45) is 1.97. The van der Waals surface area contributed by atoms with Crippen LogP contribution in [-0.2, 0) is 4.79 Å². The molecule has 21 heavy (non-hydrogen) atoms. The van der Waals surface area contributed by atoms with E-state index in [0.717, 1.165) is 12.8 Å². The highest BCUT2D eigenvalue weighted by molar-refractivity contribution is 6.33. The van der Waals surface area contributed by atoms with Gasteiger partial charge in [0.1, 0.15) is 0 Å². The standard InChI is InChI=1S/C15H21ClN2O3/c1-15(2,7-8-17)6-5-13(19)18-10-3-4-11(14(20)21)12(16)9-10/h3-4,9H,5-8,17H2,1-2H3,(H,18,19)(H,20,21). The summed E-state index contributed by atoms with van der Waals surface area (Å²) in [4.78, 5) is 22.7. The van der Waals surface area contributed by atoms with E-state index in [9.17, 15) is 9.59 Å². The molecule has 0 heterocycles. The molecule has 0 bridgehead atoms. The first-order valence-corrected chi connectivity index (χ1v) is 7.16. The Morgan fingerprint density at radius 2 is 2.00 bits per heavy atom. The largest absolute Gasteiger partial charge is 0.478 e. The van der Waals surface area contributed by atoms with Gasteiger partial charge in [-0.3, -0.25) is 4.79 Å². The SMILES string of the molecule is CC(C)(CCN)CCC(=O)Nc1ccc(C(=O)O)c(Cl)c1. The number of amides is 1. The molecule has 0 unspecified atom stereocenters. The van der Waals surface area contributed by atoms with Crippen LogP contribution in [0.15, 0.2) is 18.2 Å². The molecular formula is C15H21ClN2O3. The predicted octanol–water partition coefficient (Wildman–Crippen LogP) is 3.13. The van der Waals surface area contributed by atoms with Crippen LogP contribution in [0.3, 0.4) is 0 Å². The molecule has 0 spiro atoms. The number of halogens is 1. The van der Waals surface area contributed by atoms with Crippen molar-refractivity contribution in [2.24, 2.45) is 11.1 Å². The number of nitrogens with two attached hydrogens (primary N) is 1. The van der Waals surface area contributed by atoms with Crippen LogP contribution in [0.25, 0.3) is 0 Å². The molecule has 1 amide bonds. The minimum absolute atomic E-state index is 0.0127. The molecule has 0 aromatic heterocycles. The van der Waals surface area contributed by atoms with Gasteiger partial charge in [0, 0.05) is 12.1 Å². The number of hydrogen-bond donors (Lipinski definition) is 3. The lowest BCUT2D eigenvalue weighted by Crippen LogP contribution is -2.20. The summed E-state index contributed by atoms with van der Waals surface area (Å²) >= 11 is 5.85. The van der Waals surface area contributed by atoms with E-state index < -0.39 is 5.97 Å². The number of nitrogens with one attached hydrogen (secondary N) is 1. The molecule has 0 aliphatic rings. The predicted molar refractivity (Wildman–Crippen MR) is 83.7 cm³/mol. The number of hydrogen-bond acceptors (Lipinski definition) is 3. The van der Waals surface area contributed by atoms with E-state index >= 15 is 0 Å². The van der Waals surface area contributed by atoms with Gasteiger partial charge in [0.05, 0.1) is 10.6 Å². The van der Waals surface area contributed by atoms with E-state index in [0.29, 0.717) is 18.7 Å². The second-order valence-electron chi connectivity index (χ2n) is 5.75. The van der Waals surface area contributed by atoms with Crippen LogP contribution in [0, 0.1) is 5.41 Å². The Kier molecular flexibility index (Phi) is 6.18. The highest BCUT2D eigenvalue weighted by Crippen LogP contribution is 2.26. The van der Waals surface area contributed by atoms with E-state index in [1.807, 2.05) is 0 Å². The van der Waals surface area contributed by atoms with Crippen molar-refractivity contribution in [3.8, 4) is 0 Å². The lowest BCUT2D eigenvalue weighted by molar-refractivity contribution is -0.116. The van der Waals surface area contributed by atoms with Crippen molar-refractivity contribution in [3.05, 3.63) is 28.8 Å². The monoisotopic (exact) mass is 312 g/mol. The van der Waals surface area contributed by atoms with Crippen LogP contribution in [-0.4, -0.2) is 23.5 Å². The Morgan fingerprint density at radius 1 is 1.33 bits per heavy atom. The number of carboxylic acid groups (broad SMARTS) is 1. The van der Waals surface area contributed by atoms with E-state index in [4.69, 9.17) is 22.4 Å². The molecule has 1 aromatic carbocycles. The summed E-state index contributed by atoms with van der Waals surface area (Å²) in [5.74, 6) is -1.22. The van der Waals surface area contributed by atoms with Crippen molar-refractivity contribution in [2.75, 3.05) is 11.9 Å². The Bertz CT molecular complexity index is 530. The highest BCUT2D eigenvalue weighted by Gasteiger charge is 2.18. The molecule has 6 heteroatoms. The van der Waals surface area contributed by atoms with Gasteiger partial charge in [-0.2, -0.15) is 0 Å². The first kappa shape index (κ1) is 17.5. The molecule has 0 saturated heterocycles. The zero-order chi connectivity index (χ0) is 16.0. The van der Waals surface area contributed by atoms with Gasteiger partial charge in [0.2, 0.25) is 5.91 Å². The number of rotatable bonds is 7. The second kappa shape index (κ2) is 7.43. The number of carboxylic acids is 1. The van der Waals surface area contributed by atoms with Crippen molar-refractivity contribution >= 4 is 29.2 Å². The molecule has 0 aliphatic heterocycles. The maximum Gasteiger partial charge on any atom is 0.337 e. The lowest BCUT2D eigenvalue weighted by atomic mass is 9.84. The number of aromatic carboxylic acids is 1. The first-order valence-electron chi connectivity index (χ1n) is 6.78. The lowest BCUT2D eigenvalue weighted by Gasteiger charge is -2.23. The van der Waals surface area contributed by atoms with Crippen LogP contribution in [0.4, 0.5) is 5.69 Å². The Hall–Kier alpha value is -1.59. The molecule has 0 aliphatic carbocycles. The van der Waals surface area contributed by atoms with Crippen LogP contribution < -0.4 is 11.1 Å². The summed E-state index contributed by atoms with van der Waals surface area (Å²) in [6.45, 7) is 4.75. The molecule has 116 valence electrons. The molecule has 4 N–H and O–H groups in total. The minimum Gasteiger partial charge on any atom is -0.478 e. The highest BCUT2D eigenvalue weighted by atomic mass is 35.5. The number of anilines is 1. The Morgan fingerprint density at radius 3 is 2.52 bits per heavy atom. The third kappa shape index (κ3) is 5.73. The Labute approximate surface area is 129 Å². The van der Waals surface area contributed by atoms with Crippen molar-refractivity contribution in [1.82, 2.24) is 0 Å². The maximum atomic E-state index is 11.9. The smallest absolute Gasteiger partial charge is 0.337 e. The topological polar surface area (TPSA) is 92.4 Å². The van der Waals surface area contributed by atoms with Gasteiger partial charge in [-0.25, -0.2) is 4.79 Å². The first-order chi connectivity index (χ1) is 9.75. The summed E-state index contributed by atoms with van der Waals surface area (Å²) < 4.78 is 0. The van der Waals surface area contributed by atoms with Gasteiger partial charge in [-0.15, -0.1) is 0 Å². The summed E-state index contributed by atoms with van der Waals surface area (Å²) in [5, 5.41) is 11.7. The normalized spacial score (nSPS) is 11.2. The molecular weight excluding hydrogens is 292 g/mol. The van der Waals surface area contributed by atoms with Crippen molar-refractivity contribution in [3.63, 3.8) is 0 Å². The van der Waals surface area contributed by atoms with Crippen LogP contribution in [0.5, 0.6) is 0 Å². The fourth-order valence-electron chi connectivity index (χ4n) is 1.96. The quantitative estimate of drug-likeness (QED) is 0.721. The van der Waals surface area contributed by atoms with Crippen LogP contribution in [0.2, 0.25) is 5.02 Å². The average Bonchev–Trinajstić information content (AvgIpc) is 2.36. The zero-order valence-electron chi connectivity index (χ0n) is 12.3. The summed E-state index contributed by atoms with van der Waals surface area (Å²) in [7, 11) is 0. The molecule has 5 nitrogen and oxygen atoms in total. The van der Waals surface area contributed by atoms with Crippen LogP contribution >= 0.6 is 11.6 Å². The zero-order valence-corrected chi connectivity index (χ0v) is 13.0. The van der Waals surface area contributed by atoms with E-state index in [1.54, 1.807) is 0 Å². The van der Waals surface area contributed by atoms with Gasteiger partial charge in [-0.05, 0) is 43.0 Å². The van der Waals surface area contributed by atoms with Crippen molar-refractivity contribution in [1.29, 1.82) is 0 Å². The molecule has 1 rings (SSSR count). The van der Waals surface area contributed by atoms with Gasteiger partial charge < -0.3 is 16.2 Å². The summed E-state index contributed by atoms with van der Waals surface area (Å²) in [5.41, 5.74) is 6.07. The molecule has 0 fully saturated rings. The average molecular weight is 313 g/mol. The fraction of sp³-hybridized carbons (Fsp3) is 0.467. The van der Waals surface area contributed by atoms with E-state index in [-0.39, 0.29) is 21.9 Å². The third-order valence-electron chi connectivity index (χ3n) is 3.33. The van der Waals surface area contributed by atoms with Crippen LogP contribution in [0.1, 0.15) is 43.5 Å². The molecule has 1 aromatic rings. The maximum absolute atomic E-state index is 11.9. The Balaban J connectivity index is 2.59. The second-order valence-corrected chi connectivity index (χ2v) is 6.16. The number of benzene rings is 1. The summed E-state index contributed by atoms with van der Waals surface area (Å²) in [6, 6.07) is 4.34. The minimum atomic E-state index is -1.10. The number of carbonyl (C=O) groups is 2. The molecule has 0 radical (unpaired) electrons. The fourth-order valence-corrected chi connectivity index (χ4v) is 2.22. The van der Waals surface area contributed by atoms with E-state index in [1.165, 1.54) is 18.2 Å². The van der Waals surface area contributed by atoms with E-state index in [2.05, 4.69) is 19.2 Å². The van der Waals surface area contributed by atoms with Gasteiger partial charge in [0.25, 0.3) is 0 Å². The van der Waals surface area contributed by atoms with Crippen molar-refractivity contribution in [2.45, 2.75) is 33.1 Å². The van der Waals surface area contributed by atoms with Gasteiger partial charge in [0.15, 0.2) is 0 Å². The molecule has 0 saturated carbocycles. The number of carbonyl (C=O) groups excluding carboxylic acids is 1. The third-order valence-corrected chi connectivity index (χ3v) is 3.65. The van der Waals surface area contributed by atoms with Gasteiger partial charge >= 0.3 is 5.97 Å². The van der Waals surface area contributed by atoms with Gasteiger partial charge in [-0.1, -0.05) is 25.4 Å². The van der Waals surface area contributed by atoms with Crippen molar-refractivity contribution < 1.29 is 14.7 Å².